The molecule has 2 rings (SSSR count). The first-order chi connectivity index (χ1) is 6.25. The summed E-state index contributed by atoms with van der Waals surface area (Å²) in [6.45, 7) is 3.44. The van der Waals surface area contributed by atoms with Gasteiger partial charge in [-0.2, -0.15) is 0 Å². The number of aryl methyl sites for hydroxylation is 1. The lowest BCUT2D eigenvalue weighted by molar-refractivity contribution is 0.263. The summed E-state index contributed by atoms with van der Waals surface area (Å²) in [5, 5.41) is 0. The predicted octanol–water partition coefficient (Wildman–Crippen LogP) is 1.35. The van der Waals surface area contributed by atoms with Crippen LogP contribution in [-0.4, -0.2) is 19.3 Å². The maximum absolute atomic E-state index is 5.68. The Hall–Kier alpha value is -1.22. The molecule has 1 aromatic rings. The van der Waals surface area contributed by atoms with Crippen molar-refractivity contribution in [2.24, 2.45) is 0 Å². The molecule has 1 aromatic carbocycles. The fraction of sp³-hybridized carbons (Fsp3) is 0.400. The minimum atomic E-state index is 0.304. The average Bonchev–Trinajstić information content (AvgIpc) is 2.91. The topological polar surface area (TPSA) is 47.8 Å². The number of nitrogen functional groups attached to an aromatic ring is 1. The molecule has 3 heteroatoms. The highest BCUT2D eigenvalue weighted by Gasteiger charge is 2.22. The van der Waals surface area contributed by atoms with Gasteiger partial charge in [0.1, 0.15) is 18.5 Å². The summed E-state index contributed by atoms with van der Waals surface area (Å²) >= 11 is 0. The number of anilines is 1. The van der Waals surface area contributed by atoms with Gasteiger partial charge in [-0.3, -0.25) is 0 Å². The molecule has 0 radical (unpaired) electrons. The van der Waals surface area contributed by atoms with Crippen LogP contribution in [0.5, 0.6) is 5.75 Å². The van der Waals surface area contributed by atoms with Crippen molar-refractivity contribution in [3.8, 4) is 5.75 Å². The van der Waals surface area contributed by atoms with Crippen LogP contribution in [-0.2, 0) is 4.74 Å². The highest BCUT2D eigenvalue weighted by atomic mass is 16.6. The number of nitrogens with two attached hydrogens (primary N) is 1. The summed E-state index contributed by atoms with van der Waals surface area (Å²) in [7, 11) is 0. The molecule has 0 saturated carbocycles. The van der Waals surface area contributed by atoms with Crippen molar-refractivity contribution < 1.29 is 9.47 Å². The molecule has 3 nitrogen and oxygen atoms in total. The first kappa shape index (κ1) is 8.38. The first-order valence-corrected chi connectivity index (χ1v) is 4.36. The zero-order valence-corrected chi connectivity index (χ0v) is 7.62. The average molecular weight is 179 g/mol. The Morgan fingerprint density at radius 3 is 3.00 bits per heavy atom. The molecule has 13 heavy (non-hydrogen) atoms. The third-order valence-corrected chi connectivity index (χ3v) is 2.08. The molecule has 1 atom stereocenters. The van der Waals surface area contributed by atoms with Crippen LogP contribution in [0.15, 0.2) is 18.2 Å². The van der Waals surface area contributed by atoms with Crippen molar-refractivity contribution in [2.75, 3.05) is 18.9 Å². The smallest absolute Gasteiger partial charge is 0.119 e. The minimum absolute atomic E-state index is 0.304. The van der Waals surface area contributed by atoms with E-state index in [9.17, 15) is 0 Å². The van der Waals surface area contributed by atoms with Crippen molar-refractivity contribution in [1.29, 1.82) is 0 Å². The van der Waals surface area contributed by atoms with Gasteiger partial charge in [-0.15, -0.1) is 0 Å². The molecular formula is C10H13NO2. The van der Waals surface area contributed by atoms with E-state index >= 15 is 0 Å². The Morgan fingerprint density at radius 2 is 2.38 bits per heavy atom. The summed E-state index contributed by atoms with van der Waals surface area (Å²) in [5.41, 5.74) is 7.53. The normalized spacial score (nSPS) is 19.9. The van der Waals surface area contributed by atoms with Crippen molar-refractivity contribution in [2.45, 2.75) is 13.0 Å². The lowest BCUT2D eigenvalue weighted by atomic mass is 10.2. The molecule has 1 aliphatic rings. The second-order valence-corrected chi connectivity index (χ2v) is 3.28. The van der Waals surface area contributed by atoms with E-state index in [2.05, 4.69) is 0 Å². The number of hydrogen-bond donors (Lipinski definition) is 1. The number of benzene rings is 1. The highest BCUT2D eigenvalue weighted by Crippen LogP contribution is 2.20. The van der Waals surface area contributed by atoms with E-state index in [1.165, 1.54) is 0 Å². The van der Waals surface area contributed by atoms with Gasteiger partial charge in [0.05, 0.1) is 6.61 Å². The predicted molar refractivity (Wildman–Crippen MR) is 50.8 cm³/mol. The van der Waals surface area contributed by atoms with Gasteiger partial charge in [0, 0.05) is 5.69 Å². The Labute approximate surface area is 77.5 Å². The third-order valence-electron chi connectivity index (χ3n) is 2.08. The standard InChI is InChI=1S/C10H13NO2/c1-7-4-8(2-3-10(7)11)12-5-9-6-13-9/h2-4,9H,5-6,11H2,1H3. The van der Waals surface area contributed by atoms with Gasteiger partial charge in [0.25, 0.3) is 0 Å². The molecule has 1 saturated heterocycles. The molecule has 0 aliphatic carbocycles. The van der Waals surface area contributed by atoms with Crippen molar-refractivity contribution in [3.63, 3.8) is 0 Å². The zero-order chi connectivity index (χ0) is 9.26. The zero-order valence-electron chi connectivity index (χ0n) is 7.62. The molecule has 1 fully saturated rings. The number of hydrogen-bond acceptors (Lipinski definition) is 3. The molecule has 0 bridgehead atoms. The van der Waals surface area contributed by atoms with Crippen LogP contribution in [0.2, 0.25) is 0 Å². The second kappa shape index (κ2) is 3.26. The van der Waals surface area contributed by atoms with Gasteiger partial charge in [-0.25, -0.2) is 0 Å². The van der Waals surface area contributed by atoms with E-state index < -0.39 is 0 Å². The summed E-state index contributed by atoms with van der Waals surface area (Å²) in [6, 6.07) is 5.68. The summed E-state index contributed by atoms with van der Waals surface area (Å²) in [5.74, 6) is 0.863. The number of epoxide rings is 1. The van der Waals surface area contributed by atoms with E-state index in [0.29, 0.717) is 12.7 Å². The molecule has 0 aromatic heterocycles. The van der Waals surface area contributed by atoms with Crippen LogP contribution >= 0.6 is 0 Å². The van der Waals surface area contributed by atoms with E-state index in [1.807, 2.05) is 25.1 Å². The monoisotopic (exact) mass is 179 g/mol. The highest BCUT2D eigenvalue weighted by molar-refractivity contribution is 5.49. The van der Waals surface area contributed by atoms with Gasteiger partial charge in [-0.05, 0) is 30.7 Å². The molecular weight excluding hydrogens is 166 g/mol. The Morgan fingerprint density at radius 1 is 1.62 bits per heavy atom. The molecule has 0 amide bonds. The fourth-order valence-corrected chi connectivity index (χ4v) is 1.09. The maximum Gasteiger partial charge on any atom is 0.119 e. The van der Waals surface area contributed by atoms with Crippen LogP contribution in [0.4, 0.5) is 5.69 Å². The maximum atomic E-state index is 5.68. The first-order valence-electron chi connectivity index (χ1n) is 4.36. The Bertz CT molecular complexity index is 308. The van der Waals surface area contributed by atoms with Crippen molar-refractivity contribution >= 4 is 5.69 Å². The van der Waals surface area contributed by atoms with Crippen LogP contribution in [0.3, 0.4) is 0 Å². The molecule has 2 N–H and O–H groups in total. The molecule has 70 valence electrons. The van der Waals surface area contributed by atoms with Crippen LogP contribution < -0.4 is 10.5 Å². The van der Waals surface area contributed by atoms with Gasteiger partial charge < -0.3 is 15.2 Å². The largest absolute Gasteiger partial charge is 0.491 e. The molecule has 0 spiro atoms. The second-order valence-electron chi connectivity index (χ2n) is 3.28. The molecule has 1 unspecified atom stereocenters. The van der Waals surface area contributed by atoms with E-state index in [4.69, 9.17) is 15.2 Å². The van der Waals surface area contributed by atoms with Crippen LogP contribution in [0.1, 0.15) is 5.56 Å². The van der Waals surface area contributed by atoms with Gasteiger partial charge in [0.2, 0.25) is 0 Å². The van der Waals surface area contributed by atoms with Crippen LogP contribution in [0, 0.1) is 6.92 Å². The summed E-state index contributed by atoms with van der Waals surface area (Å²) in [6.07, 6.45) is 0.304. The van der Waals surface area contributed by atoms with Gasteiger partial charge >= 0.3 is 0 Å². The SMILES string of the molecule is Cc1cc(OCC2CO2)ccc1N. The molecule has 1 heterocycles. The van der Waals surface area contributed by atoms with E-state index in [0.717, 1.165) is 23.6 Å². The summed E-state index contributed by atoms with van der Waals surface area (Å²) in [4.78, 5) is 0. The quantitative estimate of drug-likeness (QED) is 0.563. The van der Waals surface area contributed by atoms with Gasteiger partial charge in [-0.1, -0.05) is 0 Å². The van der Waals surface area contributed by atoms with Crippen molar-refractivity contribution in [1.82, 2.24) is 0 Å². The van der Waals surface area contributed by atoms with E-state index in [-0.39, 0.29) is 0 Å². The third kappa shape index (κ3) is 2.12. The lowest BCUT2D eigenvalue weighted by Gasteiger charge is -2.06. The molecule has 1 aliphatic heterocycles. The fourth-order valence-electron chi connectivity index (χ4n) is 1.09. The number of ether oxygens (including phenoxy) is 2. The Balaban J connectivity index is 1.98. The number of rotatable bonds is 3. The Kier molecular flexibility index (Phi) is 2.10. The van der Waals surface area contributed by atoms with Crippen LogP contribution in [0.25, 0.3) is 0 Å². The van der Waals surface area contributed by atoms with E-state index in [1.54, 1.807) is 0 Å². The van der Waals surface area contributed by atoms with Gasteiger partial charge in [0.15, 0.2) is 0 Å². The lowest BCUT2D eigenvalue weighted by Crippen LogP contribution is -2.04. The summed E-state index contributed by atoms with van der Waals surface area (Å²) < 4.78 is 10.5. The van der Waals surface area contributed by atoms with Crippen molar-refractivity contribution in [3.05, 3.63) is 23.8 Å². The minimum Gasteiger partial charge on any atom is -0.491 e.